The monoisotopic (exact) mass is 288 g/mol. The molecular formula is C15H13BrO. The van der Waals surface area contributed by atoms with Crippen molar-refractivity contribution < 1.29 is 5.11 Å². The third-order valence-corrected chi connectivity index (χ3v) is 3.32. The van der Waals surface area contributed by atoms with Gasteiger partial charge in [-0.3, -0.25) is 0 Å². The fourth-order valence-corrected chi connectivity index (χ4v) is 2.06. The van der Waals surface area contributed by atoms with Crippen LogP contribution in [0.3, 0.4) is 0 Å². The van der Waals surface area contributed by atoms with Crippen molar-refractivity contribution in [2.45, 2.75) is 5.60 Å². The second-order valence-electron chi connectivity index (χ2n) is 3.84. The molecule has 2 rings (SSSR count). The van der Waals surface area contributed by atoms with Crippen LogP contribution in [0.5, 0.6) is 0 Å². The standard InChI is InChI=1S/C15H13BrO/c1-2-15(17,12-6-4-3-5-7-12)13-8-10-14(16)11-9-13/h2-11,17H,1H2. The zero-order valence-corrected chi connectivity index (χ0v) is 10.9. The van der Waals surface area contributed by atoms with Gasteiger partial charge in [0, 0.05) is 4.47 Å². The topological polar surface area (TPSA) is 20.2 Å². The fraction of sp³-hybridized carbons (Fsp3) is 0.0667. The Morgan fingerprint density at radius 2 is 1.47 bits per heavy atom. The van der Waals surface area contributed by atoms with Crippen LogP contribution in [-0.4, -0.2) is 5.11 Å². The molecular weight excluding hydrogens is 276 g/mol. The van der Waals surface area contributed by atoms with Crippen molar-refractivity contribution in [2.75, 3.05) is 0 Å². The van der Waals surface area contributed by atoms with Gasteiger partial charge < -0.3 is 5.11 Å². The molecule has 0 radical (unpaired) electrons. The Kier molecular flexibility index (Phi) is 3.46. The zero-order valence-electron chi connectivity index (χ0n) is 9.31. The summed E-state index contributed by atoms with van der Waals surface area (Å²) in [5.41, 5.74) is 0.487. The molecule has 1 unspecified atom stereocenters. The van der Waals surface area contributed by atoms with Gasteiger partial charge in [-0.2, -0.15) is 0 Å². The average Bonchev–Trinajstić information content (AvgIpc) is 2.40. The normalized spacial score (nSPS) is 14.0. The SMILES string of the molecule is C=CC(O)(c1ccccc1)c1ccc(Br)cc1. The van der Waals surface area contributed by atoms with E-state index in [-0.39, 0.29) is 0 Å². The predicted octanol–water partition coefficient (Wildman–Crippen LogP) is 3.87. The summed E-state index contributed by atoms with van der Waals surface area (Å²) in [6.45, 7) is 3.75. The van der Waals surface area contributed by atoms with Gasteiger partial charge in [-0.05, 0) is 23.3 Å². The molecule has 0 aliphatic rings. The Bertz CT molecular complexity index is 504. The van der Waals surface area contributed by atoms with Crippen molar-refractivity contribution in [3.05, 3.63) is 82.9 Å². The first kappa shape index (κ1) is 12.1. The molecule has 0 bridgehead atoms. The molecule has 2 aromatic rings. The van der Waals surface area contributed by atoms with Gasteiger partial charge in [-0.25, -0.2) is 0 Å². The summed E-state index contributed by atoms with van der Waals surface area (Å²) in [5, 5.41) is 10.7. The van der Waals surface area contributed by atoms with E-state index >= 15 is 0 Å². The molecule has 0 saturated carbocycles. The number of rotatable bonds is 3. The largest absolute Gasteiger partial charge is 0.377 e. The minimum Gasteiger partial charge on any atom is -0.377 e. The van der Waals surface area contributed by atoms with Gasteiger partial charge in [0.2, 0.25) is 0 Å². The maximum atomic E-state index is 10.7. The van der Waals surface area contributed by atoms with Gasteiger partial charge in [-0.1, -0.05) is 71.0 Å². The molecule has 86 valence electrons. The first-order chi connectivity index (χ1) is 8.16. The number of hydrogen-bond acceptors (Lipinski definition) is 1. The van der Waals surface area contributed by atoms with Crippen LogP contribution in [0.25, 0.3) is 0 Å². The van der Waals surface area contributed by atoms with Gasteiger partial charge in [0.1, 0.15) is 5.60 Å². The van der Waals surface area contributed by atoms with E-state index in [2.05, 4.69) is 22.5 Å². The van der Waals surface area contributed by atoms with E-state index in [1.807, 2.05) is 54.6 Å². The molecule has 0 heterocycles. The lowest BCUT2D eigenvalue weighted by Gasteiger charge is -2.25. The van der Waals surface area contributed by atoms with Crippen molar-refractivity contribution in [3.8, 4) is 0 Å². The second kappa shape index (κ2) is 4.86. The highest BCUT2D eigenvalue weighted by Gasteiger charge is 2.27. The minimum absolute atomic E-state index is 0.807. The lowest BCUT2D eigenvalue weighted by Crippen LogP contribution is -2.23. The summed E-state index contributed by atoms with van der Waals surface area (Å²) < 4.78 is 0.987. The lowest BCUT2D eigenvalue weighted by molar-refractivity contribution is 0.135. The van der Waals surface area contributed by atoms with Gasteiger partial charge in [0.25, 0.3) is 0 Å². The molecule has 0 amide bonds. The lowest BCUT2D eigenvalue weighted by atomic mass is 9.86. The molecule has 2 aromatic carbocycles. The smallest absolute Gasteiger partial charge is 0.133 e. The van der Waals surface area contributed by atoms with E-state index in [1.165, 1.54) is 0 Å². The van der Waals surface area contributed by atoms with Gasteiger partial charge in [-0.15, -0.1) is 0 Å². The number of benzene rings is 2. The Hall–Kier alpha value is -1.38. The summed E-state index contributed by atoms with van der Waals surface area (Å²) in [6.07, 6.45) is 1.56. The number of aliphatic hydroxyl groups is 1. The van der Waals surface area contributed by atoms with Crippen LogP contribution < -0.4 is 0 Å². The fourth-order valence-electron chi connectivity index (χ4n) is 1.80. The van der Waals surface area contributed by atoms with Gasteiger partial charge in [0.15, 0.2) is 0 Å². The van der Waals surface area contributed by atoms with Crippen LogP contribution in [0.15, 0.2) is 71.7 Å². The molecule has 2 heteroatoms. The van der Waals surface area contributed by atoms with E-state index in [0.717, 1.165) is 15.6 Å². The second-order valence-corrected chi connectivity index (χ2v) is 4.76. The Balaban J connectivity index is 2.51. The van der Waals surface area contributed by atoms with E-state index in [9.17, 15) is 5.11 Å². The highest BCUT2D eigenvalue weighted by atomic mass is 79.9. The molecule has 0 aromatic heterocycles. The van der Waals surface area contributed by atoms with Crippen LogP contribution in [0, 0.1) is 0 Å². The van der Waals surface area contributed by atoms with Crippen LogP contribution in [0.1, 0.15) is 11.1 Å². The Morgan fingerprint density at radius 1 is 0.941 bits per heavy atom. The third kappa shape index (κ3) is 2.33. The molecule has 1 nitrogen and oxygen atoms in total. The Morgan fingerprint density at radius 3 is 2.00 bits per heavy atom. The maximum absolute atomic E-state index is 10.7. The highest BCUT2D eigenvalue weighted by molar-refractivity contribution is 9.10. The van der Waals surface area contributed by atoms with Crippen molar-refractivity contribution in [3.63, 3.8) is 0 Å². The molecule has 0 aliphatic heterocycles. The quantitative estimate of drug-likeness (QED) is 0.850. The molecule has 1 atom stereocenters. The van der Waals surface area contributed by atoms with Crippen LogP contribution >= 0.6 is 15.9 Å². The summed E-state index contributed by atoms with van der Waals surface area (Å²) in [5.74, 6) is 0. The average molecular weight is 289 g/mol. The van der Waals surface area contributed by atoms with E-state index in [1.54, 1.807) is 6.08 Å². The molecule has 0 saturated heterocycles. The van der Waals surface area contributed by atoms with Crippen LogP contribution in [-0.2, 0) is 5.60 Å². The molecule has 0 aliphatic carbocycles. The summed E-state index contributed by atoms with van der Waals surface area (Å²) in [6, 6.07) is 17.1. The first-order valence-electron chi connectivity index (χ1n) is 5.34. The highest BCUT2D eigenvalue weighted by Crippen LogP contribution is 2.31. The molecule has 0 spiro atoms. The zero-order chi connectivity index (χ0) is 12.3. The maximum Gasteiger partial charge on any atom is 0.133 e. The van der Waals surface area contributed by atoms with E-state index in [4.69, 9.17) is 0 Å². The molecule has 17 heavy (non-hydrogen) atoms. The Labute approximate surface area is 110 Å². The number of hydrogen-bond donors (Lipinski definition) is 1. The van der Waals surface area contributed by atoms with Gasteiger partial charge in [0.05, 0.1) is 0 Å². The van der Waals surface area contributed by atoms with Crippen LogP contribution in [0.2, 0.25) is 0 Å². The van der Waals surface area contributed by atoms with E-state index < -0.39 is 5.60 Å². The summed E-state index contributed by atoms with van der Waals surface area (Å²) >= 11 is 3.38. The van der Waals surface area contributed by atoms with Crippen molar-refractivity contribution in [2.24, 2.45) is 0 Å². The van der Waals surface area contributed by atoms with Gasteiger partial charge >= 0.3 is 0 Å². The van der Waals surface area contributed by atoms with Crippen LogP contribution in [0.4, 0.5) is 0 Å². The minimum atomic E-state index is -1.14. The first-order valence-corrected chi connectivity index (χ1v) is 6.13. The molecule has 1 N–H and O–H groups in total. The van der Waals surface area contributed by atoms with Crippen molar-refractivity contribution >= 4 is 15.9 Å². The summed E-state index contributed by atoms with van der Waals surface area (Å²) in [4.78, 5) is 0. The van der Waals surface area contributed by atoms with E-state index in [0.29, 0.717) is 0 Å². The number of halogens is 1. The predicted molar refractivity (Wildman–Crippen MR) is 73.8 cm³/mol. The van der Waals surface area contributed by atoms with Crippen molar-refractivity contribution in [1.82, 2.24) is 0 Å². The molecule has 0 fully saturated rings. The van der Waals surface area contributed by atoms with Crippen molar-refractivity contribution in [1.29, 1.82) is 0 Å². The summed E-state index contributed by atoms with van der Waals surface area (Å²) in [7, 11) is 0. The third-order valence-electron chi connectivity index (χ3n) is 2.79.